The number of hydrogen-bond donors (Lipinski definition) is 2. The van der Waals surface area contributed by atoms with Crippen molar-refractivity contribution in [3.05, 3.63) is 48.0 Å². The molecule has 2 aromatic rings. The van der Waals surface area contributed by atoms with Crippen LogP contribution in [0.2, 0.25) is 0 Å². The zero-order valence-corrected chi connectivity index (χ0v) is 14.8. The number of fused-ring (bicyclic) bond motifs is 1. The Bertz CT molecular complexity index is 713. The zero-order chi connectivity index (χ0) is 19.0. The molecule has 0 atom stereocenters. The van der Waals surface area contributed by atoms with Crippen LogP contribution in [0.5, 0.6) is 0 Å². The van der Waals surface area contributed by atoms with E-state index in [9.17, 15) is 18.0 Å². The molecule has 0 fully saturated rings. The van der Waals surface area contributed by atoms with Gasteiger partial charge in [0.25, 0.3) is 0 Å². The lowest BCUT2D eigenvalue weighted by atomic mass is 10.0. The predicted octanol–water partition coefficient (Wildman–Crippen LogP) is 3.57. The maximum absolute atomic E-state index is 12.2. The van der Waals surface area contributed by atoms with Gasteiger partial charge < -0.3 is 10.6 Å². The van der Waals surface area contributed by atoms with Crippen LogP contribution in [0.15, 0.2) is 42.5 Å². The molecule has 7 heteroatoms. The number of halogens is 3. The number of nitrogens with zero attached hydrogens (tertiary/aromatic N) is 1. The fourth-order valence-corrected chi connectivity index (χ4v) is 2.82. The summed E-state index contributed by atoms with van der Waals surface area (Å²) in [6.07, 6.45) is -3.02. The molecule has 142 valence electrons. The molecule has 0 unspecified atom stereocenters. The number of rotatable bonds is 8. The van der Waals surface area contributed by atoms with Gasteiger partial charge in [-0.2, -0.15) is 13.2 Å². The van der Waals surface area contributed by atoms with Crippen molar-refractivity contribution < 1.29 is 18.0 Å². The fourth-order valence-electron chi connectivity index (χ4n) is 2.82. The van der Waals surface area contributed by atoms with E-state index >= 15 is 0 Å². The molecule has 2 amide bonds. The molecule has 2 rings (SSSR count). The van der Waals surface area contributed by atoms with Crippen molar-refractivity contribution in [3.8, 4) is 0 Å². The van der Waals surface area contributed by atoms with E-state index in [0.717, 1.165) is 10.9 Å². The third-order valence-electron chi connectivity index (χ3n) is 4.01. The van der Waals surface area contributed by atoms with Gasteiger partial charge in [-0.15, -0.1) is 0 Å². The third kappa shape index (κ3) is 6.92. The first-order chi connectivity index (χ1) is 12.3. The van der Waals surface area contributed by atoms with E-state index in [0.29, 0.717) is 25.9 Å². The van der Waals surface area contributed by atoms with E-state index in [2.05, 4.69) is 28.8 Å². The van der Waals surface area contributed by atoms with Crippen molar-refractivity contribution in [2.75, 3.05) is 33.2 Å². The van der Waals surface area contributed by atoms with Crippen LogP contribution in [0.25, 0.3) is 10.8 Å². The summed E-state index contributed by atoms with van der Waals surface area (Å²) in [5.74, 6) is 0. The Hall–Kier alpha value is -2.28. The smallest absolute Gasteiger partial charge is 0.338 e. The molecule has 0 aliphatic carbocycles. The molecule has 0 aliphatic heterocycles. The van der Waals surface area contributed by atoms with Crippen LogP contribution in [0.4, 0.5) is 18.0 Å². The maximum atomic E-state index is 12.2. The Kier molecular flexibility index (Phi) is 7.26. The van der Waals surface area contributed by atoms with E-state index in [1.165, 1.54) is 17.3 Å². The molecule has 0 bridgehead atoms. The third-order valence-corrected chi connectivity index (χ3v) is 4.01. The quantitative estimate of drug-likeness (QED) is 0.701. The van der Waals surface area contributed by atoms with Crippen LogP contribution < -0.4 is 10.6 Å². The van der Waals surface area contributed by atoms with Crippen LogP contribution in [0, 0.1) is 0 Å². The topological polar surface area (TPSA) is 44.4 Å². The van der Waals surface area contributed by atoms with Crippen molar-refractivity contribution >= 4 is 16.8 Å². The van der Waals surface area contributed by atoms with Gasteiger partial charge in [0, 0.05) is 13.1 Å². The molecule has 4 nitrogen and oxygen atoms in total. The van der Waals surface area contributed by atoms with E-state index in [4.69, 9.17) is 0 Å². The molecular weight excluding hydrogens is 343 g/mol. The highest BCUT2D eigenvalue weighted by Gasteiger charge is 2.28. The van der Waals surface area contributed by atoms with Crippen LogP contribution in [0.1, 0.15) is 12.0 Å². The first kappa shape index (κ1) is 20.0. The fraction of sp³-hybridized carbons (Fsp3) is 0.421. The highest BCUT2D eigenvalue weighted by molar-refractivity contribution is 5.85. The van der Waals surface area contributed by atoms with Gasteiger partial charge in [-0.1, -0.05) is 42.5 Å². The van der Waals surface area contributed by atoms with Crippen molar-refractivity contribution in [2.24, 2.45) is 0 Å². The van der Waals surface area contributed by atoms with Gasteiger partial charge in [0.1, 0.15) is 0 Å². The van der Waals surface area contributed by atoms with Gasteiger partial charge in [-0.05, 0) is 42.8 Å². The minimum Gasteiger partial charge on any atom is -0.338 e. The van der Waals surface area contributed by atoms with Crippen LogP contribution in [-0.4, -0.2) is 50.3 Å². The molecule has 0 spiro atoms. The summed E-state index contributed by atoms with van der Waals surface area (Å²) in [6, 6.07) is 13.9. The maximum Gasteiger partial charge on any atom is 0.401 e. The van der Waals surface area contributed by atoms with Crippen molar-refractivity contribution in [2.45, 2.75) is 19.0 Å². The Labute approximate surface area is 151 Å². The van der Waals surface area contributed by atoms with E-state index in [1.807, 2.05) is 24.3 Å². The van der Waals surface area contributed by atoms with Crippen LogP contribution in [-0.2, 0) is 6.42 Å². The average molecular weight is 367 g/mol. The summed E-state index contributed by atoms with van der Waals surface area (Å²) >= 11 is 0. The zero-order valence-electron chi connectivity index (χ0n) is 14.8. The number of hydrogen-bond acceptors (Lipinski definition) is 2. The average Bonchev–Trinajstić information content (AvgIpc) is 2.57. The van der Waals surface area contributed by atoms with Gasteiger partial charge in [0.15, 0.2) is 0 Å². The van der Waals surface area contributed by atoms with Crippen LogP contribution >= 0.6 is 0 Å². The Morgan fingerprint density at radius 3 is 2.50 bits per heavy atom. The first-order valence-corrected chi connectivity index (χ1v) is 8.59. The standard InChI is InChI=1S/C19H24F3N3O/c1-25(14-19(20,21)22)13-5-11-23-18(26)24-12-10-16-8-4-7-15-6-2-3-9-17(15)16/h2-4,6-9H,5,10-14H2,1H3,(H2,23,24,26). The number of nitrogens with one attached hydrogen (secondary N) is 2. The molecule has 0 radical (unpaired) electrons. The second-order valence-corrected chi connectivity index (χ2v) is 6.28. The lowest BCUT2D eigenvalue weighted by Gasteiger charge is -2.18. The molecular formula is C19H24F3N3O. The van der Waals surface area contributed by atoms with Gasteiger partial charge in [-0.25, -0.2) is 4.79 Å². The van der Waals surface area contributed by atoms with Crippen molar-refractivity contribution in [1.82, 2.24) is 15.5 Å². The predicted molar refractivity (Wildman–Crippen MR) is 97.2 cm³/mol. The van der Waals surface area contributed by atoms with E-state index in [1.54, 1.807) is 0 Å². The number of benzene rings is 2. The molecule has 2 aromatic carbocycles. The number of alkyl halides is 3. The number of urea groups is 1. The summed E-state index contributed by atoms with van der Waals surface area (Å²) in [4.78, 5) is 12.9. The first-order valence-electron chi connectivity index (χ1n) is 8.59. The normalized spacial score (nSPS) is 11.7. The Balaban J connectivity index is 1.65. The summed E-state index contributed by atoms with van der Waals surface area (Å²) in [7, 11) is 1.41. The van der Waals surface area contributed by atoms with Gasteiger partial charge in [0.05, 0.1) is 6.54 Å². The largest absolute Gasteiger partial charge is 0.401 e. The highest BCUT2D eigenvalue weighted by atomic mass is 19.4. The molecule has 2 N–H and O–H groups in total. The molecule has 26 heavy (non-hydrogen) atoms. The van der Waals surface area contributed by atoms with E-state index in [-0.39, 0.29) is 12.6 Å². The van der Waals surface area contributed by atoms with Gasteiger partial charge in [-0.3, -0.25) is 4.90 Å². The molecule has 0 saturated carbocycles. The highest BCUT2D eigenvalue weighted by Crippen LogP contribution is 2.18. The summed E-state index contributed by atoms with van der Waals surface area (Å²) in [5.41, 5.74) is 1.16. The Morgan fingerprint density at radius 2 is 1.73 bits per heavy atom. The second-order valence-electron chi connectivity index (χ2n) is 6.28. The summed E-state index contributed by atoms with van der Waals surface area (Å²) < 4.78 is 36.6. The van der Waals surface area contributed by atoms with Gasteiger partial charge in [0.2, 0.25) is 0 Å². The number of carbonyl (C=O) groups is 1. The lowest BCUT2D eigenvalue weighted by Crippen LogP contribution is -2.38. The monoisotopic (exact) mass is 367 g/mol. The van der Waals surface area contributed by atoms with Crippen molar-refractivity contribution in [3.63, 3.8) is 0 Å². The minimum absolute atomic E-state index is 0.274. The molecule has 0 aliphatic rings. The molecule has 0 aromatic heterocycles. The number of amides is 2. The summed E-state index contributed by atoms with van der Waals surface area (Å²) in [6.45, 7) is 0.163. The molecule has 0 heterocycles. The van der Waals surface area contributed by atoms with E-state index < -0.39 is 12.7 Å². The molecule has 0 saturated heterocycles. The summed E-state index contributed by atoms with van der Waals surface area (Å²) in [5, 5.41) is 7.78. The SMILES string of the molecule is CN(CCCNC(=O)NCCc1cccc2ccccc12)CC(F)(F)F. The van der Waals surface area contributed by atoms with Crippen LogP contribution in [0.3, 0.4) is 0 Å². The minimum atomic E-state index is -4.19. The van der Waals surface area contributed by atoms with Crippen molar-refractivity contribution in [1.29, 1.82) is 0 Å². The second kappa shape index (κ2) is 9.43. The van der Waals surface area contributed by atoms with Gasteiger partial charge >= 0.3 is 12.2 Å². The number of carbonyl (C=O) groups excluding carboxylic acids is 1. The Morgan fingerprint density at radius 1 is 1.04 bits per heavy atom. The lowest BCUT2D eigenvalue weighted by molar-refractivity contribution is -0.143.